The van der Waals surface area contributed by atoms with Gasteiger partial charge in [0.25, 0.3) is 0 Å². The first kappa shape index (κ1) is 16.1. The van der Waals surface area contributed by atoms with Gasteiger partial charge in [0.15, 0.2) is 0 Å². The summed E-state index contributed by atoms with van der Waals surface area (Å²) in [7, 11) is 0. The molecule has 0 spiro atoms. The molecule has 1 saturated carbocycles. The van der Waals surface area contributed by atoms with E-state index in [-0.39, 0.29) is 23.9 Å². The molecular formula is C20H32O3. The Bertz CT molecular complexity index is 515. The molecule has 8 atom stereocenters. The summed E-state index contributed by atoms with van der Waals surface area (Å²) in [5.74, 6) is 2.35. The van der Waals surface area contributed by atoms with E-state index in [1.54, 1.807) is 0 Å². The van der Waals surface area contributed by atoms with Gasteiger partial charge in [-0.25, -0.2) is 0 Å². The van der Waals surface area contributed by atoms with Gasteiger partial charge >= 0.3 is 0 Å². The molecule has 0 unspecified atom stereocenters. The third-order valence-electron chi connectivity index (χ3n) is 7.40. The fourth-order valence-corrected chi connectivity index (χ4v) is 6.20. The van der Waals surface area contributed by atoms with E-state index in [1.165, 1.54) is 12.0 Å². The summed E-state index contributed by atoms with van der Waals surface area (Å²) in [5, 5.41) is 10.5. The van der Waals surface area contributed by atoms with Crippen molar-refractivity contribution in [3.63, 3.8) is 0 Å². The summed E-state index contributed by atoms with van der Waals surface area (Å²) in [6, 6.07) is 0. The summed E-state index contributed by atoms with van der Waals surface area (Å²) in [6.45, 7) is 13.4. The molecular weight excluding hydrogens is 288 g/mol. The molecule has 3 saturated heterocycles. The van der Waals surface area contributed by atoms with Crippen molar-refractivity contribution in [3.8, 4) is 0 Å². The fraction of sp³-hybridized carbons (Fsp3) is 0.900. The van der Waals surface area contributed by atoms with Gasteiger partial charge in [-0.1, -0.05) is 26.0 Å². The first-order chi connectivity index (χ1) is 10.8. The van der Waals surface area contributed by atoms with Crippen LogP contribution in [0.4, 0.5) is 0 Å². The SMILES string of the molecule is C=C1CC[C@H](C(C)C)[C@@H]2[C@@H]1[C@@H]1C[C@@]3(C)O[C@](C)(CC[C@@H]3O)[C@H]2O1. The Morgan fingerprint density at radius 2 is 1.96 bits per heavy atom. The van der Waals surface area contributed by atoms with Crippen molar-refractivity contribution in [1.29, 1.82) is 0 Å². The van der Waals surface area contributed by atoms with Crippen LogP contribution in [0.1, 0.15) is 59.8 Å². The van der Waals surface area contributed by atoms with Crippen molar-refractivity contribution in [3.05, 3.63) is 12.2 Å². The Morgan fingerprint density at radius 3 is 2.65 bits per heavy atom. The molecule has 130 valence electrons. The molecule has 23 heavy (non-hydrogen) atoms. The molecule has 1 N–H and O–H groups in total. The Morgan fingerprint density at radius 1 is 1.22 bits per heavy atom. The average Bonchev–Trinajstić information content (AvgIpc) is 2.79. The smallest absolute Gasteiger partial charge is 0.0945 e. The molecule has 4 bridgehead atoms. The molecule has 3 aliphatic heterocycles. The second-order valence-corrected chi connectivity index (χ2v) is 9.29. The Balaban J connectivity index is 1.77. The van der Waals surface area contributed by atoms with Crippen molar-refractivity contribution in [2.24, 2.45) is 23.7 Å². The van der Waals surface area contributed by atoms with E-state index >= 15 is 0 Å². The van der Waals surface area contributed by atoms with Crippen LogP contribution in [0.5, 0.6) is 0 Å². The predicted molar refractivity (Wildman–Crippen MR) is 90.1 cm³/mol. The molecule has 4 aliphatic rings. The van der Waals surface area contributed by atoms with E-state index in [0.29, 0.717) is 23.7 Å². The Hall–Kier alpha value is -0.380. The summed E-state index contributed by atoms with van der Waals surface area (Å²) >= 11 is 0. The van der Waals surface area contributed by atoms with Crippen LogP contribution >= 0.6 is 0 Å². The zero-order valence-electron chi connectivity index (χ0n) is 15.0. The summed E-state index contributed by atoms with van der Waals surface area (Å²) < 4.78 is 13.2. The van der Waals surface area contributed by atoms with Gasteiger partial charge in [0.2, 0.25) is 0 Å². The van der Waals surface area contributed by atoms with Crippen LogP contribution < -0.4 is 0 Å². The minimum atomic E-state index is -0.470. The lowest BCUT2D eigenvalue weighted by Crippen LogP contribution is -2.60. The maximum atomic E-state index is 10.5. The number of aliphatic hydroxyl groups is 1. The largest absolute Gasteiger partial charge is 0.390 e. The molecule has 1 aliphatic carbocycles. The molecule has 0 amide bonds. The average molecular weight is 320 g/mol. The molecule has 0 aromatic carbocycles. The topological polar surface area (TPSA) is 38.7 Å². The normalized spacial score (nSPS) is 55.7. The van der Waals surface area contributed by atoms with Crippen LogP contribution in [0.15, 0.2) is 12.2 Å². The van der Waals surface area contributed by atoms with Crippen LogP contribution in [0, 0.1) is 23.7 Å². The van der Waals surface area contributed by atoms with Crippen molar-refractivity contribution in [2.45, 2.75) is 89.3 Å². The zero-order valence-corrected chi connectivity index (χ0v) is 15.0. The van der Waals surface area contributed by atoms with Gasteiger partial charge in [0, 0.05) is 12.3 Å². The number of rotatable bonds is 1. The van der Waals surface area contributed by atoms with Gasteiger partial charge in [-0.3, -0.25) is 0 Å². The minimum Gasteiger partial charge on any atom is -0.390 e. The van der Waals surface area contributed by atoms with Crippen LogP contribution in [0.25, 0.3) is 0 Å². The van der Waals surface area contributed by atoms with Crippen molar-refractivity contribution in [2.75, 3.05) is 0 Å². The van der Waals surface area contributed by atoms with E-state index in [0.717, 1.165) is 25.7 Å². The zero-order chi connectivity index (χ0) is 16.6. The molecule has 3 heterocycles. The number of hydrogen-bond acceptors (Lipinski definition) is 3. The number of hydrogen-bond donors (Lipinski definition) is 1. The molecule has 3 heteroatoms. The van der Waals surface area contributed by atoms with Crippen LogP contribution in [0.2, 0.25) is 0 Å². The first-order valence-electron chi connectivity index (χ1n) is 9.46. The Labute approximate surface area is 140 Å². The highest BCUT2D eigenvalue weighted by Gasteiger charge is 2.64. The number of ether oxygens (including phenoxy) is 2. The highest BCUT2D eigenvalue weighted by Crippen LogP contribution is 2.59. The minimum absolute atomic E-state index is 0.149. The molecule has 0 radical (unpaired) electrons. The molecule has 4 fully saturated rings. The van der Waals surface area contributed by atoms with E-state index in [9.17, 15) is 5.11 Å². The quantitative estimate of drug-likeness (QED) is 0.749. The van der Waals surface area contributed by atoms with Crippen molar-refractivity contribution >= 4 is 0 Å². The van der Waals surface area contributed by atoms with E-state index < -0.39 is 5.60 Å². The second kappa shape index (κ2) is 5.06. The monoisotopic (exact) mass is 320 g/mol. The van der Waals surface area contributed by atoms with Crippen molar-refractivity contribution < 1.29 is 14.6 Å². The summed E-state index contributed by atoms with van der Waals surface area (Å²) in [5.41, 5.74) is 0.635. The summed E-state index contributed by atoms with van der Waals surface area (Å²) in [4.78, 5) is 0. The maximum absolute atomic E-state index is 10.5. The standard InChI is InChI=1S/C20H32O3/c1-11(2)13-7-6-12(3)16-14-10-20(5)15(21)8-9-19(4,23-20)18(22-14)17(13)16/h11,13-18,21H,3,6-10H2,1-2,4-5H3/t13-,14+,15+,16+,17-,18+,19-,20-/m1/s1. The molecule has 0 aromatic heterocycles. The lowest BCUT2D eigenvalue weighted by Gasteiger charge is -2.53. The second-order valence-electron chi connectivity index (χ2n) is 9.29. The van der Waals surface area contributed by atoms with Gasteiger partial charge in [0.1, 0.15) is 0 Å². The number of aliphatic hydroxyl groups excluding tert-OH is 1. The van der Waals surface area contributed by atoms with Crippen LogP contribution in [-0.4, -0.2) is 34.6 Å². The first-order valence-corrected chi connectivity index (χ1v) is 9.46. The highest BCUT2D eigenvalue weighted by atomic mass is 16.6. The lowest BCUT2D eigenvalue weighted by molar-refractivity contribution is -0.245. The molecule has 4 rings (SSSR count). The third kappa shape index (κ3) is 2.19. The molecule has 3 nitrogen and oxygen atoms in total. The fourth-order valence-electron chi connectivity index (χ4n) is 6.20. The lowest BCUT2D eigenvalue weighted by atomic mass is 9.59. The summed E-state index contributed by atoms with van der Waals surface area (Å²) in [6.07, 6.45) is 4.81. The van der Waals surface area contributed by atoms with E-state index in [2.05, 4.69) is 34.3 Å². The van der Waals surface area contributed by atoms with Crippen LogP contribution in [-0.2, 0) is 9.47 Å². The van der Waals surface area contributed by atoms with Gasteiger partial charge in [-0.2, -0.15) is 0 Å². The van der Waals surface area contributed by atoms with E-state index in [1.807, 2.05) is 0 Å². The third-order valence-corrected chi connectivity index (χ3v) is 7.40. The van der Waals surface area contributed by atoms with Gasteiger partial charge in [0.05, 0.1) is 29.5 Å². The molecule has 0 aromatic rings. The number of fused-ring (bicyclic) bond motifs is 8. The Kier molecular flexibility index (Phi) is 3.54. The highest BCUT2D eigenvalue weighted by molar-refractivity contribution is 5.20. The van der Waals surface area contributed by atoms with E-state index in [4.69, 9.17) is 9.47 Å². The van der Waals surface area contributed by atoms with Crippen molar-refractivity contribution in [1.82, 2.24) is 0 Å². The predicted octanol–water partition coefficient (Wildman–Crippen LogP) is 3.70. The maximum Gasteiger partial charge on any atom is 0.0945 e. The van der Waals surface area contributed by atoms with Gasteiger partial charge in [-0.15, -0.1) is 0 Å². The van der Waals surface area contributed by atoms with Crippen LogP contribution in [0.3, 0.4) is 0 Å². The van der Waals surface area contributed by atoms with Gasteiger partial charge < -0.3 is 14.6 Å². The van der Waals surface area contributed by atoms with Gasteiger partial charge in [-0.05, 0) is 57.3 Å².